The Balaban J connectivity index is 1.56. The number of hydrogen-bond acceptors (Lipinski definition) is 13. The summed E-state index contributed by atoms with van der Waals surface area (Å²) in [6.07, 6.45) is 34.6. The van der Waals surface area contributed by atoms with Gasteiger partial charge in [0.15, 0.2) is 12.6 Å². The number of carbonyl (C=O) groups is 1. The first-order valence-corrected chi connectivity index (χ1v) is 26.2. The summed E-state index contributed by atoms with van der Waals surface area (Å²) < 4.78 is 22.5. The molecule has 2 saturated heterocycles. The van der Waals surface area contributed by atoms with Crippen molar-refractivity contribution in [2.24, 2.45) is 0 Å². The molecule has 12 atom stereocenters. The van der Waals surface area contributed by atoms with Crippen LogP contribution in [0, 0.1) is 0 Å². The van der Waals surface area contributed by atoms with Crippen molar-refractivity contribution in [3.8, 4) is 0 Å². The number of aliphatic hydroxyl groups is 8. The lowest BCUT2D eigenvalue weighted by Crippen LogP contribution is -2.65. The van der Waals surface area contributed by atoms with Gasteiger partial charge in [0.2, 0.25) is 5.91 Å². The van der Waals surface area contributed by atoms with Crippen molar-refractivity contribution < 1.29 is 64.6 Å². The van der Waals surface area contributed by atoms with E-state index >= 15 is 0 Å². The number of amides is 1. The Hall–Kier alpha value is -2.57. The number of unbranched alkanes of at least 4 members (excludes halogenated alkanes) is 14. The van der Waals surface area contributed by atoms with Crippen LogP contribution in [0.5, 0.6) is 0 Å². The fourth-order valence-electron chi connectivity index (χ4n) is 8.18. The van der Waals surface area contributed by atoms with Crippen LogP contribution in [-0.2, 0) is 23.7 Å². The van der Waals surface area contributed by atoms with Gasteiger partial charge in [-0.05, 0) is 64.2 Å². The molecule has 2 fully saturated rings. The summed E-state index contributed by atoms with van der Waals surface area (Å²) in [7, 11) is 0. The maximum absolute atomic E-state index is 13.0. The summed E-state index contributed by atoms with van der Waals surface area (Å²) in [5.41, 5.74) is 0. The van der Waals surface area contributed by atoms with E-state index in [1.54, 1.807) is 0 Å². The number of rotatable bonds is 39. The van der Waals surface area contributed by atoms with Crippen LogP contribution in [0.15, 0.2) is 72.9 Å². The van der Waals surface area contributed by atoms with Gasteiger partial charge in [0, 0.05) is 6.42 Å². The molecule has 12 unspecified atom stereocenters. The minimum atomic E-state index is -1.78. The molecule has 2 rings (SSSR count). The largest absolute Gasteiger partial charge is 0.394 e. The van der Waals surface area contributed by atoms with E-state index in [0.717, 1.165) is 83.5 Å². The molecule has 0 spiro atoms. The summed E-state index contributed by atoms with van der Waals surface area (Å²) in [6.45, 7) is 2.54. The number of aliphatic hydroxyl groups excluding tert-OH is 8. The monoisotopic (exact) mass is 964 g/mol. The molecular formula is C54H93NO13. The molecule has 68 heavy (non-hydrogen) atoms. The van der Waals surface area contributed by atoms with Gasteiger partial charge in [-0.2, -0.15) is 0 Å². The summed E-state index contributed by atoms with van der Waals surface area (Å²) in [5.74, 6) is -0.225. The molecule has 2 aliphatic rings. The molecule has 14 nitrogen and oxygen atoms in total. The molecule has 392 valence electrons. The molecular weight excluding hydrogens is 871 g/mol. The van der Waals surface area contributed by atoms with Crippen LogP contribution in [0.25, 0.3) is 0 Å². The van der Waals surface area contributed by atoms with E-state index in [1.807, 2.05) is 6.92 Å². The van der Waals surface area contributed by atoms with Gasteiger partial charge in [-0.3, -0.25) is 4.79 Å². The number of allylic oxidation sites excluding steroid dienone is 12. The highest BCUT2D eigenvalue weighted by atomic mass is 16.7. The zero-order valence-corrected chi connectivity index (χ0v) is 41.6. The lowest BCUT2D eigenvalue weighted by atomic mass is 9.97. The van der Waals surface area contributed by atoms with Gasteiger partial charge in [-0.25, -0.2) is 0 Å². The van der Waals surface area contributed by atoms with Crippen molar-refractivity contribution in [2.45, 2.75) is 242 Å². The molecule has 14 heteroatoms. The van der Waals surface area contributed by atoms with Crippen LogP contribution in [0.3, 0.4) is 0 Å². The first-order chi connectivity index (χ1) is 33.1. The van der Waals surface area contributed by atoms with Crippen molar-refractivity contribution in [3.05, 3.63) is 72.9 Å². The second-order valence-corrected chi connectivity index (χ2v) is 18.3. The summed E-state index contributed by atoms with van der Waals surface area (Å²) in [6, 6.07) is -0.828. The van der Waals surface area contributed by atoms with Crippen molar-refractivity contribution in [1.82, 2.24) is 5.32 Å². The van der Waals surface area contributed by atoms with Crippen molar-refractivity contribution in [3.63, 3.8) is 0 Å². The smallest absolute Gasteiger partial charge is 0.220 e. The van der Waals surface area contributed by atoms with Crippen LogP contribution < -0.4 is 5.32 Å². The third-order valence-electron chi connectivity index (χ3n) is 12.4. The third kappa shape index (κ3) is 26.6. The van der Waals surface area contributed by atoms with E-state index in [-0.39, 0.29) is 12.5 Å². The van der Waals surface area contributed by atoms with E-state index < -0.39 is 86.8 Å². The summed E-state index contributed by atoms with van der Waals surface area (Å²) >= 11 is 0. The third-order valence-corrected chi connectivity index (χ3v) is 12.4. The number of ether oxygens (including phenoxy) is 4. The lowest BCUT2D eigenvalue weighted by Gasteiger charge is -2.46. The summed E-state index contributed by atoms with van der Waals surface area (Å²) in [5, 5.41) is 86.0. The van der Waals surface area contributed by atoms with Gasteiger partial charge in [0.25, 0.3) is 0 Å². The molecule has 0 bridgehead atoms. The standard InChI is InChI=1S/C54H93NO13/c1-3-5-7-8-9-10-11-12-13-14-15-16-17-18-19-20-21-22-23-24-25-26-27-28-29-30-31-32-33-34-36-38-46(59)55-42(43(58)37-35-6-4-2)41-65-53-51(64)49(62)52(45(40-57)67-53)68-54-50(63)48(61)47(60)44(39-56)66-54/h5,7,9-10,12-13,15-16,18-19,21-22,42-45,47-54,56-58,60-64H,3-4,6,8,11,14,17,20,23-41H2,1-2H3,(H,55,59)/b7-5-,10-9-,13-12-,16-15-,19-18-,22-21-. The van der Waals surface area contributed by atoms with Gasteiger partial charge < -0.3 is 65.1 Å². The minimum Gasteiger partial charge on any atom is -0.394 e. The maximum atomic E-state index is 13.0. The molecule has 0 aliphatic carbocycles. The lowest BCUT2D eigenvalue weighted by molar-refractivity contribution is -0.359. The van der Waals surface area contributed by atoms with Gasteiger partial charge in [-0.1, -0.05) is 170 Å². The Kier molecular flexibility index (Phi) is 36.3. The van der Waals surface area contributed by atoms with Crippen molar-refractivity contribution in [2.75, 3.05) is 19.8 Å². The Bertz CT molecular complexity index is 1420. The van der Waals surface area contributed by atoms with Crippen molar-refractivity contribution in [1.29, 1.82) is 0 Å². The van der Waals surface area contributed by atoms with Crippen LogP contribution in [-0.4, -0.2) is 140 Å². The molecule has 0 aromatic heterocycles. The molecule has 2 aliphatic heterocycles. The zero-order valence-electron chi connectivity index (χ0n) is 41.6. The predicted molar refractivity (Wildman–Crippen MR) is 267 cm³/mol. The molecule has 2 heterocycles. The SMILES string of the molecule is CC/C=C\C/C=C\C/C=C\C/C=C\C/C=C\C/C=C\CCCCCCCCCCCCCCC(=O)NC(COC1OC(CO)C(OC2OC(CO)C(O)C(O)C2O)C(O)C1O)C(O)CCCCC. The normalized spacial score (nSPS) is 27.0. The van der Waals surface area contributed by atoms with E-state index in [2.05, 4.69) is 85.2 Å². The molecule has 0 radical (unpaired) electrons. The first-order valence-electron chi connectivity index (χ1n) is 26.2. The minimum absolute atomic E-state index is 0.225. The van der Waals surface area contributed by atoms with Gasteiger partial charge in [0.05, 0.1) is 32.0 Å². The predicted octanol–water partition coefficient (Wildman–Crippen LogP) is 7.21. The number of carbonyl (C=O) groups excluding carboxylic acids is 1. The van der Waals surface area contributed by atoms with E-state index in [9.17, 15) is 45.6 Å². The number of nitrogens with one attached hydrogen (secondary N) is 1. The fraction of sp³-hybridized carbons (Fsp3) is 0.759. The first kappa shape index (κ1) is 61.5. The van der Waals surface area contributed by atoms with Gasteiger partial charge in [0.1, 0.15) is 48.8 Å². The zero-order chi connectivity index (χ0) is 49.6. The van der Waals surface area contributed by atoms with E-state index in [0.29, 0.717) is 19.3 Å². The second kappa shape index (κ2) is 40.1. The second-order valence-electron chi connectivity index (χ2n) is 18.3. The summed E-state index contributed by atoms with van der Waals surface area (Å²) in [4.78, 5) is 13.0. The van der Waals surface area contributed by atoms with Gasteiger partial charge in [-0.15, -0.1) is 0 Å². The Morgan fingerprint density at radius 2 is 1.01 bits per heavy atom. The topological polar surface area (TPSA) is 228 Å². The maximum Gasteiger partial charge on any atom is 0.220 e. The molecule has 0 saturated carbocycles. The van der Waals surface area contributed by atoms with E-state index in [1.165, 1.54) is 51.4 Å². The fourth-order valence-corrected chi connectivity index (χ4v) is 8.18. The van der Waals surface area contributed by atoms with Crippen LogP contribution >= 0.6 is 0 Å². The Morgan fingerprint density at radius 3 is 1.53 bits per heavy atom. The Morgan fingerprint density at radius 1 is 0.544 bits per heavy atom. The van der Waals surface area contributed by atoms with Crippen LogP contribution in [0.2, 0.25) is 0 Å². The Labute approximate surface area is 408 Å². The molecule has 1 amide bonds. The molecule has 0 aromatic carbocycles. The van der Waals surface area contributed by atoms with Crippen LogP contribution in [0.1, 0.15) is 168 Å². The molecule has 9 N–H and O–H groups in total. The van der Waals surface area contributed by atoms with Crippen molar-refractivity contribution >= 4 is 5.91 Å². The quantitative estimate of drug-likeness (QED) is 0.0220. The molecule has 0 aromatic rings. The highest BCUT2D eigenvalue weighted by molar-refractivity contribution is 5.76. The van der Waals surface area contributed by atoms with Crippen LogP contribution in [0.4, 0.5) is 0 Å². The van der Waals surface area contributed by atoms with E-state index in [4.69, 9.17) is 18.9 Å². The highest BCUT2D eigenvalue weighted by Gasteiger charge is 2.51. The highest BCUT2D eigenvalue weighted by Crippen LogP contribution is 2.30. The number of hydrogen-bond donors (Lipinski definition) is 9. The van der Waals surface area contributed by atoms with Gasteiger partial charge >= 0.3 is 0 Å². The average molecular weight is 964 g/mol. The average Bonchev–Trinajstić information content (AvgIpc) is 3.33.